The smallest absolute Gasteiger partial charge is 0.0591 e. The summed E-state index contributed by atoms with van der Waals surface area (Å²) in [6, 6.07) is 0. The third kappa shape index (κ3) is 2.40. The van der Waals surface area contributed by atoms with Gasteiger partial charge in [0.1, 0.15) is 0 Å². The van der Waals surface area contributed by atoms with Crippen molar-refractivity contribution in [1.82, 2.24) is 10.6 Å². The Kier molecular flexibility index (Phi) is 3.16. The van der Waals surface area contributed by atoms with Gasteiger partial charge in [0.25, 0.3) is 0 Å². The molecule has 2 rings (SSSR count). The van der Waals surface area contributed by atoms with Gasteiger partial charge in [-0.15, -0.1) is 0 Å². The van der Waals surface area contributed by atoms with Gasteiger partial charge in [-0.3, -0.25) is 0 Å². The molecule has 0 amide bonds. The molecular weight excluding hydrogens is 168 g/mol. The zero-order valence-corrected chi connectivity index (χ0v) is 7.97. The van der Waals surface area contributed by atoms with Gasteiger partial charge >= 0.3 is 0 Å². The molecule has 2 N–H and O–H groups in total. The molecule has 0 radical (unpaired) electrons. The largest absolute Gasteiger partial charge is 0.379 e. The van der Waals surface area contributed by atoms with E-state index in [9.17, 15) is 0 Å². The van der Waals surface area contributed by atoms with Crippen LogP contribution >= 0.6 is 0 Å². The second-order valence-corrected chi connectivity index (χ2v) is 3.96. The molecular formula is C9H18N2O2. The summed E-state index contributed by atoms with van der Waals surface area (Å²) in [6.45, 7) is 7.19. The topological polar surface area (TPSA) is 42.5 Å². The lowest BCUT2D eigenvalue weighted by molar-refractivity contribution is 0.0114. The van der Waals surface area contributed by atoms with Crippen molar-refractivity contribution in [3.05, 3.63) is 0 Å². The van der Waals surface area contributed by atoms with Crippen molar-refractivity contribution in [2.24, 2.45) is 5.41 Å². The zero-order chi connectivity index (χ0) is 8.99. The zero-order valence-electron chi connectivity index (χ0n) is 7.97. The average Bonchev–Trinajstić information content (AvgIpc) is 2.50. The van der Waals surface area contributed by atoms with Gasteiger partial charge in [-0.25, -0.2) is 0 Å². The number of hydrogen-bond donors (Lipinski definition) is 2. The fraction of sp³-hybridized carbons (Fsp3) is 1.00. The first-order valence-corrected chi connectivity index (χ1v) is 4.98. The highest BCUT2D eigenvalue weighted by atomic mass is 16.5. The predicted octanol–water partition coefficient (Wildman–Crippen LogP) is -0.788. The van der Waals surface area contributed by atoms with Gasteiger partial charge in [-0.2, -0.15) is 0 Å². The Labute approximate surface area is 79.0 Å². The van der Waals surface area contributed by atoms with Crippen LogP contribution in [0.1, 0.15) is 0 Å². The molecule has 0 aromatic carbocycles. The molecule has 13 heavy (non-hydrogen) atoms. The van der Waals surface area contributed by atoms with Crippen molar-refractivity contribution < 1.29 is 9.47 Å². The maximum atomic E-state index is 5.56. The minimum atomic E-state index is 0.160. The lowest BCUT2D eigenvalue weighted by atomic mass is 9.90. The summed E-state index contributed by atoms with van der Waals surface area (Å²) in [5.74, 6) is 0. The molecule has 0 unspecified atom stereocenters. The highest BCUT2D eigenvalue weighted by Crippen LogP contribution is 2.19. The van der Waals surface area contributed by atoms with E-state index < -0.39 is 0 Å². The van der Waals surface area contributed by atoms with Crippen LogP contribution in [0, 0.1) is 5.41 Å². The van der Waals surface area contributed by atoms with Gasteiger partial charge in [-0.05, 0) is 0 Å². The van der Waals surface area contributed by atoms with E-state index in [2.05, 4.69) is 10.6 Å². The standard InChI is InChI=1S/C9H18N2O2/c1-3-12-7-9(5-10-1)6-11-2-4-13-8-9/h10-11H,1-8H2. The van der Waals surface area contributed by atoms with Crippen LogP contribution in [0.5, 0.6) is 0 Å². The highest BCUT2D eigenvalue weighted by molar-refractivity contribution is 4.86. The first-order valence-electron chi connectivity index (χ1n) is 4.98. The van der Waals surface area contributed by atoms with E-state index in [1.54, 1.807) is 0 Å². The lowest BCUT2D eigenvalue weighted by Crippen LogP contribution is -2.45. The van der Waals surface area contributed by atoms with Gasteiger partial charge < -0.3 is 20.1 Å². The molecule has 0 bridgehead atoms. The monoisotopic (exact) mass is 186 g/mol. The molecule has 0 aromatic heterocycles. The number of hydrogen-bond acceptors (Lipinski definition) is 4. The van der Waals surface area contributed by atoms with E-state index in [-0.39, 0.29) is 5.41 Å². The molecule has 2 fully saturated rings. The third-order valence-electron chi connectivity index (χ3n) is 2.66. The van der Waals surface area contributed by atoms with Crippen LogP contribution in [-0.2, 0) is 9.47 Å². The van der Waals surface area contributed by atoms with Gasteiger partial charge in [-0.1, -0.05) is 0 Å². The molecule has 4 nitrogen and oxygen atoms in total. The Hall–Kier alpha value is -0.160. The first kappa shape index (κ1) is 9.40. The maximum absolute atomic E-state index is 5.56. The number of nitrogens with one attached hydrogen (secondary N) is 2. The third-order valence-corrected chi connectivity index (χ3v) is 2.66. The summed E-state index contributed by atoms with van der Waals surface area (Å²) in [4.78, 5) is 0. The minimum Gasteiger partial charge on any atom is -0.379 e. The second kappa shape index (κ2) is 4.37. The van der Waals surface area contributed by atoms with Crippen LogP contribution in [0.25, 0.3) is 0 Å². The van der Waals surface area contributed by atoms with Crippen molar-refractivity contribution in [2.75, 3.05) is 52.6 Å². The molecule has 0 aliphatic carbocycles. The fourth-order valence-corrected chi connectivity index (χ4v) is 1.88. The number of ether oxygens (including phenoxy) is 2. The maximum Gasteiger partial charge on any atom is 0.0591 e. The molecule has 1 spiro atoms. The Bertz CT molecular complexity index is 126. The van der Waals surface area contributed by atoms with E-state index in [0.717, 1.165) is 52.6 Å². The van der Waals surface area contributed by atoms with E-state index in [0.29, 0.717) is 0 Å². The molecule has 2 aliphatic rings. The van der Waals surface area contributed by atoms with Crippen molar-refractivity contribution in [3.63, 3.8) is 0 Å². The quantitative estimate of drug-likeness (QED) is 0.520. The summed E-state index contributed by atoms with van der Waals surface area (Å²) in [5.41, 5.74) is 0.160. The molecule has 2 saturated heterocycles. The van der Waals surface area contributed by atoms with Gasteiger partial charge in [0.05, 0.1) is 26.4 Å². The normalized spacial score (nSPS) is 29.5. The fourth-order valence-electron chi connectivity index (χ4n) is 1.88. The Balaban J connectivity index is 1.97. The van der Waals surface area contributed by atoms with Crippen molar-refractivity contribution in [2.45, 2.75) is 0 Å². The Morgan fingerprint density at radius 1 is 0.846 bits per heavy atom. The van der Waals surface area contributed by atoms with Crippen LogP contribution in [0.3, 0.4) is 0 Å². The van der Waals surface area contributed by atoms with E-state index >= 15 is 0 Å². The Morgan fingerprint density at radius 3 is 1.92 bits per heavy atom. The highest BCUT2D eigenvalue weighted by Gasteiger charge is 2.33. The lowest BCUT2D eigenvalue weighted by Gasteiger charge is -2.29. The van der Waals surface area contributed by atoms with Crippen LogP contribution in [0.15, 0.2) is 0 Å². The van der Waals surface area contributed by atoms with Gasteiger partial charge in [0, 0.05) is 31.6 Å². The Morgan fingerprint density at radius 2 is 1.38 bits per heavy atom. The summed E-state index contributed by atoms with van der Waals surface area (Å²) < 4.78 is 11.1. The van der Waals surface area contributed by atoms with Crippen molar-refractivity contribution in [3.8, 4) is 0 Å². The van der Waals surface area contributed by atoms with E-state index in [1.165, 1.54) is 0 Å². The molecule has 0 saturated carbocycles. The minimum absolute atomic E-state index is 0.160. The predicted molar refractivity (Wildman–Crippen MR) is 49.8 cm³/mol. The van der Waals surface area contributed by atoms with E-state index in [4.69, 9.17) is 9.47 Å². The molecule has 0 atom stereocenters. The van der Waals surface area contributed by atoms with Gasteiger partial charge in [0.15, 0.2) is 0 Å². The number of rotatable bonds is 0. The summed E-state index contributed by atoms with van der Waals surface area (Å²) in [5, 5.41) is 6.78. The van der Waals surface area contributed by atoms with Crippen LogP contribution in [-0.4, -0.2) is 52.6 Å². The average molecular weight is 186 g/mol. The van der Waals surface area contributed by atoms with E-state index in [1.807, 2.05) is 0 Å². The SMILES string of the molecule is C1COCC2(CN1)CNCCOC2. The molecule has 76 valence electrons. The molecule has 0 aromatic rings. The van der Waals surface area contributed by atoms with Crippen LogP contribution in [0.4, 0.5) is 0 Å². The van der Waals surface area contributed by atoms with Crippen molar-refractivity contribution >= 4 is 0 Å². The van der Waals surface area contributed by atoms with Gasteiger partial charge in [0.2, 0.25) is 0 Å². The summed E-state index contributed by atoms with van der Waals surface area (Å²) in [7, 11) is 0. The summed E-state index contributed by atoms with van der Waals surface area (Å²) >= 11 is 0. The molecule has 4 heteroatoms. The summed E-state index contributed by atoms with van der Waals surface area (Å²) in [6.07, 6.45) is 0. The van der Waals surface area contributed by atoms with Crippen LogP contribution in [0.2, 0.25) is 0 Å². The van der Waals surface area contributed by atoms with Crippen molar-refractivity contribution in [1.29, 1.82) is 0 Å². The first-order chi connectivity index (χ1) is 6.41. The molecule has 2 heterocycles. The van der Waals surface area contributed by atoms with Crippen LogP contribution < -0.4 is 10.6 Å². The second-order valence-electron chi connectivity index (χ2n) is 3.96. The molecule has 2 aliphatic heterocycles.